The van der Waals surface area contributed by atoms with E-state index in [4.69, 9.17) is 20.9 Å². The van der Waals surface area contributed by atoms with Crippen LogP contribution in [0.5, 0.6) is 23.0 Å². The van der Waals surface area contributed by atoms with Crippen LogP contribution >= 0.6 is 0 Å². The number of fused-ring (bicyclic) bond motifs is 3. The molecule has 1 aliphatic carbocycles. The number of ether oxygens (including phenoxy) is 2. The Hall–Kier alpha value is -5.48. The summed E-state index contributed by atoms with van der Waals surface area (Å²) in [6, 6.07) is 42.8. The number of nitrogen functional groups attached to an aromatic ring is 2. The first-order valence-corrected chi connectivity index (χ1v) is 17.7. The van der Waals surface area contributed by atoms with Gasteiger partial charge in [-0.25, -0.2) is 0 Å². The van der Waals surface area contributed by atoms with E-state index in [1.54, 1.807) is 0 Å². The minimum absolute atomic E-state index is 0.0510. The van der Waals surface area contributed by atoms with E-state index in [2.05, 4.69) is 152 Å². The molecule has 51 heavy (non-hydrogen) atoms. The van der Waals surface area contributed by atoms with Gasteiger partial charge in [0.25, 0.3) is 0 Å². The van der Waals surface area contributed by atoms with Crippen molar-refractivity contribution in [3.63, 3.8) is 0 Å². The van der Waals surface area contributed by atoms with Crippen LogP contribution in [-0.2, 0) is 16.2 Å². The van der Waals surface area contributed by atoms with Gasteiger partial charge in [-0.2, -0.15) is 0 Å². The second-order valence-electron chi connectivity index (χ2n) is 16.1. The lowest BCUT2D eigenvalue weighted by Gasteiger charge is -2.34. The maximum Gasteiger partial charge on any atom is 0.130 e. The highest BCUT2D eigenvalue weighted by molar-refractivity contribution is 5.86. The molecule has 0 radical (unpaired) electrons. The molecule has 0 saturated heterocycles. The molecule has 0 unspecified atom stereocenters. The molecule has 0 saturated carbocycles. The second-order valence-corrected chi connectivity index (χ2v) is 16.1. The monoisotopic (exact) mass is 672 g/mol. The topological polar surface area (TPSA) is 70.5 Å². The van der Waals surface area contributed by atoms with Crippen molar-refractivity contribution in [2.45, 2.75) is 71.6 Å². The minimum Gasteiger partial charge on any atom is -0.457 e. The fourth-order valence-electron chi connectivity index (χ4n) is 7.50. The Kier molecular flexibility index (Phi) is 8.25. The molecule has 0 atom stereocenters. The molecular weight excluding hydrogens is 625 g/mol. The average molecular weight is 673 g/mol. The van der Waals surface area contributed by atoms with Gasteiger partial charge in [-0.3, -0.25) is 0 Å². The molecule has 4 heteroatoms. The molecule has 0 amide bonds. The highest BCUT2D eigenvalue weighted by atomic mass is 16.5. The van der Waals surface area contributed by atoms with E-state index in [9.17, 15) is 0 Å². The molecule has 0 bridgehead atoms. The van der Waals surface area contributed by atoms with Gasteiger partial charge in [0.15, 0.2) is 0 Å². The first-order chi connectivity index (χ1) is 24.1. The van der Waals surface area contributed by atoms with Gasteiger partial charge in [0.2, 0.25) is 0 Å². The van der Waals surface area contributed by atoms with Crippen LogP contribution in [0, 0.1) is 13.8 Å². The van der Waals surface area contributed by atoms with Crippen molar-refractivity contribution in [3.8, 4) is 34.1 Å². The van der Waals surface area contributed by atoms with Crippen LogP contribution in [0.3, 0.4) is 0 Å². The summed E-state index contributed by atoms with van der Waals surface area (Å²) in [7, 11) is 0. The van der Waals surface area contributed by atoms with Crippen LogP contribution in [0.2, 0.25) is 0 Å². The third kappa shape index (κ3) is 6.14. The van der Waals surface area contributed by atoms with Gasteiger partial charge in [0.1, 0.15) is 23.0 Å². The summed E-state index contributed by atoms with van der Waals surface area (Å²) in [5.74, 6) is 3.08. The van der Waals surface area contributed by atoms with Crippen molar-refractivity contribution < 1.29 is 9.47 Å². The molecule has 4 N–H and O–H groups in total. The SMILES string of the molecule is Cc1cc(C2(c3ccc(Oc4cc(N)cc(C(C)(C)C)c4)c(C)c3)c3ccccc3-c3ccccc32)ccc1Oc1cc(N)cc(C(C)(C)C)c1. The quantitative estimate of drug-likeness (QED) is 0.173. The first-order valence-electron chi connectivity index (χ1n) is 17.7. The van der Waals surface area contributed by atoms with Crippen molar-refractivity contribution in [1.82, 2.24) is 0 Å². The lowest BCUT2D eigenvalue weighted by molar-refractivity contribution is 0.474. The van der Waals surface area contributed by atoms with Crippen LogP contribution in [-0.4, -0.2) is 0 Å². The largest absolute Gasteiger partial charge is 0.457 e. The number of hydrogen-bond acceptors (Lipinski definition) is 4. The maximum atomic E-state index is 6.54. The van der Waals surface area contributed by atoms with E-state index < -0.39 is 5.41 Å². The summed E-state index contributed by atoms with van der Waals surface area (Å²) in [4.78, 5) is 0. The molecule has 0 aliphatic heterocycles. The molecule has 1 aliphatic rings. The van der Waals surface area contributed by atoms with E-state index in [0.717, 1.165) is 45.3 Å². The molecular formula is C47H48N2O2. The van der Waals surface area contributed by atoms with Crippen molar-refractivity contribution >= 4 is 11.4 Å². The van der Waals surface area contributed by atoms with E-state index in [1.165, 1.54) is 33.4 Å². The second kappa shape index (κ2) is 12.4. The molecule has 0 spiro atoms. The third-order valence-corrected chi connectivity index (χ3v) is 10.2. The van der Waals surface area contributed by atoms with E-state index >= 15 is 0 Å². The zero-order valence-corrected chi connectivity index (χ0v) is 31.0. The van der Waals surface area contributed by atoms with Crippen LogP contribution in [0.15, 0.2) is 121 Å². The highest BCUT2D eigenvalue weighted by Gasteiger charge is 2.46. The maximum absolute atomic E-state index is 6.54. The van der Waals surface area contributed by atoms with Crippen LogP contribution in [0.1, 0.15) is 86.1 Å². The summed E-state index contributed by atoms with van der Waals surface area (Å²) in [5.41, 5.74) is 25.1. The zero-order chi connectivity index (χ0) is 36.3. The smallest absolute Gasteiger partial charge is 0.130 e. The first kappa shape index (κ1) is 34.0. The predicted molar refractivity (Wildman–Crippen MR) is 212 cm³/mol. The zero-order valence-electron chi connectivity index (χ0n) is 31.0. The average Bonchev–Trinajstić information content (AvgIpc) is 3.36. The number of aryl methyl sites for hydroxylation is 2. The molecule has 6 aromatic rings. The van der Waals surface area contributed by atoms with Crippen molar-refractivity contribution in [2.24, 2.45) is 0 Å². The lowest BCUT2D eigenvalue weighted by atomic mass is 9.67. The van der Waals surface area contributed by atoms with E-state index in [-0.39, 0.29) is 10.8 Å². The number of rotatable bonds is 6. The Bertz CT molecular complexity index is 2120. The number of nitrogens with two attached hydrogens (primary N) is 2. The molecule has 0 fully saturated rings. The fourth-order valence-corrected chi connectivity index (χ4v) is 7.50. The van der Waals surface area contributed by atoms with E-state index in [0.29, 0.717) is 11.4 Å². The summed E-state index contributed by atoms with van der Waals surface area (Å²) in [5, 5.41) is 0. The Balaban J connectivity index is 1.35. The van der Waals surface area contributed by atoms with Gasteiger partial charge in [0, 0.05) is 23.5 Å². The number of anilines is 2. The highest BCUT2D eigenvalue weighted by Crippen LogP contribution is 2.57. The van der Waals surface area contributed by atoms with Gasteiger partial charge in [-0.15, -0.1) is 0 Å². The van der Waals surface area contributed by atoms with Crippen LogP contribution in [0.4, 0.5) is 11.4 Å². The van der Waals surface area contributed by atoms with Gasteiger partial charge >= 0.3 is 0 Å². The lowest BCUT2D eigenvalue weighted by Crippen LogP contribution is -2.28. The fraction of sp³-hybridized carbons (Fsp3) is 0.234. The number of hydrogen-bond donors (Lipinski definition) is 2. The molecule has 258 valence electrons. The Morgan fingerprint density at radius 3 is 1.24 bits per heavy atom. The Morgan fingerprint density at radius 2 is 0.863 bits per heavy atom. The third-order valence-electron chi connectivity index (χ3n) is 10.2. The summed E-state index contributed by atoms with van der Waals surface area (Å²) in [6.45, 7) is 17.3. The normalized spacial score (nSPS) is 13.4. The predicted octanol–water partition coefficient (Wildman–Crippen LogP) is 12.0. The van der Waals surface area contributed by atoms with E-state index in [1.807, 2.05) is 24.3 Å². The summed E-state index contributed by atoms with van der Waals surface area (Å²) < 4.78 is 13.1. The minimum atomic E-state index is -0.563. The summed E-state index contributed by atoms with van der Waals surface area (Å²) in [6.07, 6.45) is 0. The molecule has 7 rings (SSSR count). The molecule has 0 heterocycles. The summed E-state index contributed by atoms with van der Waals surface area (Å²) >= 11 is 0. The van der Waals surface area contributed by atoms with Gasteiger partial charge in [-0.1, -0.05) is 114 Å². The van der Waals surface area contributed by atoms with Crippen molar-refractivity contribution in [1.29, 1.82) is 0 Å². The van der Waals surface area contributed by atoms with Crippen LogP contribution < -0.4 is 20.9 Å². The molecule has 6 aromatic carbocycles. The van der Waals surface area contributed by atoms with Crippen molar-refractivity contribution in [3.05, 3.63) is 166 Å². The van der Waals surface area contributed by atoms with Crippen LogP contribution in [0.25, 0.3) is 11.1 Å². The standard InChI is InChI=1S/C47H48N2O2/c1-29-21-31(17-19-43(29)50-37-25-33(45(3,4)5)23-35(48)27-37)47(41-15-11-9-13-39(41)40-14-10-12-16-42(40)47)32-18-20-44(30(2)22-32)51-38-26-34(46(6,7)8)24-36(49)28-38/h9-28H,48-49H2,1-8H3. The van der Waals surface area contributed by atoms with Gasteiger partial charge < -0.3 is 20.9 Å². The number of benzene rings is 6. The molecule has 4 nitrogen and oxygen atoms in total. The Labute approximate surface area is 303 Å². The van der Waals surface area contributed by atoms with Crippen molar-refractivity contribution in [2.75, 3.05) is 11.5 Å². The Morgan fingerprint density at radius 1 is 0.471 bits per heavy atom. The van der Waals surface area contributed by atoms with Gasteiger partial charge in [0.05, 0.1) is 5.41 Å². The molecule has 0 aromatic heterocycles. The van der Waals surface area contributed by atoms with Gasteiger partial charge in [-0.05, 0) is 117 Å².